The Balaban J connectivity index is 1.82. The monoisotopic (exact) mass is 310 g/mol. The molecule has 116 valence electrons. The van der Waals surface area contributed by atoms with Gasteiger partial charge in [-0.2, -0.15) is 0 Å². The smallest absolute Gasteiger partial charge is 0.242 e. The highest BCUT2D eigenvalue weighted by Crippen LogP contribution is 2.31. The van der Waals surface area contributed by atoms with E-state index in [0.717, 1.165) is 32.1 Å². The molecule has 0 spiro atoms. The zero-order chi connectivity index (χ0) is 14.9. The second-order valence-corrected chi connectivity index (χ2v) is 7.70. The van der Waals surface area contributed by atoms with Gasteiger partial charge < -0.3 is 10.4 Å². The summed E-state index contributed by atoms with van der Waals surface area (Å²) in [5.74, 6) is 0.206. The first kappa shape index (κ1) is 14.8. The number of sulfonamides is 1. The van der Waals surface area contributed by atoms with Crippen molar-refractivity contribution in [3.05, 3.63) is 24.3 Å². The molecule has 2 fully saturated rings. The average Bonchev–Trinajstić information content (AvgIpc) is 3.15. The number of anilines is 1. The van der Waals surface area contributed by atoms with Crippen molar-refractivity contribution in [2.75, 3.05) is 11.9 Å². The van der Waals surface area contributed by atoms with E-state index in [9.17, 15) is 13.5 Å². The number of benzene rings is 1. The van der Waals surface area contributed by atoms with Crippen molar-refractivity contribution in [2.45, 2.75) is 49.1 Å². The number of aliphatic hydroxyl groups is 1. The Hall–Kier alpha value is -1.11. The summed E-state index contributed by atoms with van der Waals surface area (Å²) in [6, 6.07) is 7.25. The molecule has 0 saturated heterocycles. The SMILES string of the molecule is O=S(=O)(NC1CC1)c1ccccc1NC1CCCC1CO. The van der Waals surface area contributed by atoms with Crippen molar-refractivity contribution < 1.29 is 13.5 Å². The number of aliphatic hydroxyl groups excluding tert-OH is 1. The van der Waals surface area contributed by atoms with Gasteiger partial charge in [0.2, 0.25) is 10.0 Å². The largest absolute Gasteiger partial charge is 0.396 e. The summed E-state index contributed by atoms with van der Waals surface area (Å²) in [4.78, 5) is 0.306. The summed E-state index contributed by atoms with van der Waals surface area (Å²) in [7, 11) is -3.47. The molecular formula is C15H22N2O3S. The molecule has 0 bridgehead atoms. The van der Waals surface area contributed by atoms with Crippen LogP contribution in [-0.2, 0) is 10.0 Å². The maximum absolute atomic E-state index is 12.4. The Labute approximate surface area is 125 Å². The van der Waals surface area contributed by atoms with Gasteiger partial charge in [-0.05, 0) is 37.8 Å². The van der Waals surface area contributed by atoms with Crippen LogP contribution in [0.2, 0.25) is 0 Å². The van der Waals surface area contributed by atoms with Crippen LogP contribution in [0.3, 0.4) is 0 Å². The van der Waals surface area contributed by atoms with Gasteiger partial charge in [-0.25, -0.2) is 13.1 Å². The molecule has 2 atom stereocenters. The van der Waals surface area contributed by atoms with Gasteiger partial charge >= 0.3 is 0 Å². The van der Waals surface area contributed by atoms with Gasteiger partial charge in [0, 0.05) is 24.6 Å². The quantitative estimate of drug-likeness (QED) is 0.747. The van der Waals surface area contributed by atoms with Crippen molar-refractivity contribution in [3.8, 4) is 0 Å². The van der Waals surface area contributed by atoms with E-state index in [0.29, 0.717) is 10.6 Å². The van der Waals surface area contributed by atoms with Crippen LogP contribution in [0.25, 0.3) is 0 Å². The highest BCUT2D eigenvalue weighted by molar-refractivity contribution is 7.89. The minimum absolute atomic E-state index is 0.0970. The molecule has 0 radical (unpaired) electrons. The normalized spacial score (nSPS) is 26.0. The number of para-hydroxylation sites is 1. The van der Waals surface area contributed by atoms with E-state index in [-0.39, 0.29) is 24.6 Å². The number of hydrogen-bond acceptors (Lipinski definition) is 4. The third kappa shape index (κ3) is 3.39. The standard InChI is InChI=1S/C15H22N2O3S/c18-10-11-4-3-6-13(11)16-14-5-1-2-7-15(14)21(19,20)17-12-8-9-12/h1-2,5,7,11-13,16-18H,3-4,6,8-10H2. The predicted octanol–water partition coefficient (Wildman–Crippen LogP) is 1.70. The Morgan fingerprint density at radius 3 is 2.62 bits per heavy atom. The van der Waals surface area contributed by atoms with E-state index in [2.05, 4.69) is 10.0 Å². The molecule has 0 aliphatic heterocycles. The fourth-order valence-corrected chi connectivity index (χ4v) is 4.43. The number of hydrogen-bond donors (Lipinski definition) is 3. The molecule has 2 saturated carbocycles. The molecule has 0 heterocycles. The van der Waals surface area contributed by atoms with Crippen LogP contribution < -0.4 is 10.0 Å². The van der Waals surface area contributed by atoms with Gasteiger partial charge in [0.05, 0.1) is 5.69 Å². The maximum atomic E-state index is 12.4. The summed E-state index contributed by atoms with van der Waals surface area (Å²) in [5, 5.41) is 12.7. The van der Waals surface area contributed by atoms with Gasteiger partial charge in [-0.15, -0.1) is 0 Å². The number of nitrogens with one attached hydrogen (secondary N) is 2. The van der Waals surface area contributed by atoms with E-state index in [1.165, 1.54) is 0 Å². The lowest BCUT2D eigenvalue weighted by Crippen LogP contribution is -2.30. The molecule has 0 aromatic heterocycles. The number of rotatable bonds is 6. The van der Waals surface area contributed by atoms with E-state index < -0.39 is 10.0 Å². The molecule has 2 aliphatic rings. The van der Waals surface area contributed by atoms with Crippen LogP contribution in [0.4, 0.5) is 5.69 Å². The van der Waals surface area contributed by atoms with E-state index in [1.807, 2.05) is 6.07 Å². The second kappa shape index (κ2) is 5.94. The summed E-state index contributed by atoms with van der Waals surface area (Å²) in [5.41, 5.74) is 0.635. The first-order valence-corrected chi connectivity index (χ1v) is 9.07. The summed E-state index contributed by atoms with van der Waals surface area (Å²) < 4.78 is 27.6. The molecule has 3 rings (SSSR count). The van der Waals surface area contributed by atoms with Gasteiger partial charge in [-0.3, -0.25) is 0 Å². The third-order valence-electron chi connectivity index (χ3n) is 4.31. The van der Waals surface area contributed by atoms with Gasteiger partial charge in [0.15, 0.2) is 0 Å². The van der Waals surface area contributed by atoms with Gasteiger partial charge in [0.25, 0.3) is 0 Å². The zero-order valence-electron chi connectivity index (χ0n) is 12.0. The Morgan fingerprint density at radius 2 is 1.90 bits per heavy atom. The van der Waals surface area contributed by atoms with Crippen LogP contribution >= 0.6 is 0 Å². The summed E-state index contributed by atoms with van der Waals surface area (Å²) in [6.07, 6.45) is 4.87. The fraction of sp³-hybridized carbons (Fsp3) is 0.600. The van der Waals surface area contributed by atoms with Crippen molar-refractivity contribution in [1.29, 1.82) is 0 Å². The van der Waals surface area contributed by atoms with Crippen LogP contribution in [0.15, 0.2) is 29.2 Å². The van der Waals surface area contributed by atoms with E-state index in [1.54, 1.807) is 18.2 Å². The summed E-state index contributed by atoms with van der Waals surface area (Å²) >= 11 is 0. The molecule has 5 nitrogen and oxygen atoms in total. The maximum Gasteiger partial charge on any atom is 0.242 e. The van der Waals surface area contributed by atoms with Crippen LogP contribution in [0.5, 0.6) is 0 Å². The predicted molar refractivity (Wildman–Crippen MR) is 81.6 cm³/mol. The van der Waals surface area contributed by atoms with Crippen molar-refractivity contribution in [3.63, 3.8) is 0 Å². The molecule has 3 N–H and O–H groups in total. The Bertz CT molecular complexity index is 599. The minimum atomic E-state index is -3.47. The topological polar surface area (TPSA) is 78.4 Å². The first-order valence-electron chi connectivity index (χ1n) is 7.59. The highest BCUT2D eigenvalue weighted by Gasteiger charge is 2.31. The summed E-state index contributed by atoms with van der Waals surface area (Å²) in [6.45, 7) is 0.146. The fourth-order valence-electron chi connectivity index (χ4n) is 2.95. The minimum Gasteiger partial charge on any atom is -0.396 e. The lowest BCUT2D eigenvalue weighted by atomic mass is 10.0. The molecule has 6 heteroatoms. The Morgan fingerprint density at radius 1 is 1.14 bits per heavy atom. The molecule has 1 aromatic carbocycles. The first-order chi connectivity index (χ1) is 10.1. The third-order valence-corrected chi connectivity index (χ3v) is 5.89. The van der Waals surface area contributed by atoms with Crippen molar-refractivity contribution >= 4 is 15.7 Å². The van der Waals surface area contributed by atoms with Gasteiger partial charge in [-0.1, -0.05) is 18.6 Å². The molecule has 2 unspecified atom stereocenters. The molecule has 0 amide bonds. The zero-order valence-corrected chi connectivity index (χ0v) is 12.8. The molecule has 21 heavy (non-hydrogen) atoms. The average molecular weight is 310 g/mol. The van der Waals surface area contributed by atoms with Crippen molar-refractivity contribution in [1.82, 2.24) is 4.72 Å². The van der Waals surface area contributed by atoms with Crippen LogP contribution in [0, 0.1) is 5.92 Å². The van der Waals surface area contributed by atoms with Crippen molar-refractivity contribution in [2.24, 2.45) is 5.92 Å². The molecular weight excluding hydrogens is 288 g/mol. The lowest BCUT2D eigenvalue weighted by Gasteiger charge is -2.22. The molecule has 2 aliphatic carbocycles. The van der Waals surface area contributed by atoms with Crippen LogP contribution in [0.1, 0.15) is 32.1 Å². The van der Waals surface area contributed by atoms with E-state index >= 15 is 0 Å². The molecule has 1 aromatic rings. The lowest BCUT2D eigenvalue weighted by molar-refractivity contribution is 0.222. The van der Waals surface area contributed by atoms with E-state index in [4.69, 9.17) is 0 Å². The second-order valence-electron chi connectivity index (χ2n) is 6.02. The van der Waals surface area contributed by atoms with Crippen LogP contribution in [-0.4, -0.2) is 32.2 Å². The Kier molecular flexibility index (Phi) is 4.19. The highest BCUT2D eigenvalue weighted by atomic mass is 32.2. The van der Waals surface area contributed by atoms with Gasteiger partial charge in [0.1, 0.15) is 4.90 Å².